The fraction of sp³-hybridized carbons (Fsp3) is 0.800. The Bertz CT molecular complexity index is 678. The number of ketones is 1. The second kappa shape index (κ2) is 5.88. The first-order chi connectivity index (χ1) is 11.9. The molecule has 0 aromatic carbocycles. The van der Waals surface area contributed by atoms with Crippen LogP contribution in [0, 0.1) is 11.8 Å². The average Bonchev–Trinajstić information content (AvgIpc) is 3.04. The highest BCUT2D eigenvalue weighted by molar-refractivity contribution is 6.01. The van der Waals surface area contributed by atoms with E-state index in [-0.39, 0.29) is 30.6 Å². The van der Waals surface area contributed by atoms with E-state index in [9.17, 15) is 19.8 Å². The quantitative estimate of drug-likeness (QED) is 0.585. The highest BCUT2D eigenvalue weighted by atomic mass is 16.7. The smallest absolute Gasteiger partial charge is 0.341 e. The van der Waals surface area contributed by atoms with E-state index in [2.05, 4.69) is 0 Å². The Morgan fingerprint density at radius 1 is 1.31 bits per heavy atom. The fourth-order valence-corrected chi connectivity index (χ4v) is 4.44. The molecule has 146 valence electrons. The van der Waals surface area contributed by atoms with Gasteiger partial charge < -0.3 is 19.7 Å². The van der Waals surface area contributed by atoms with Crippen LogP contribution in [0.5, 0.6) is 0 Å². The van der Waals surface area contributed by atoms with E-state index in [1.807, 2.05) is 20.8 Å². The largest absolute Gasteiger partial charge is 0.457 e. The second-order valence-electron chi connectivity index (χ2n) is 8.87. The Kier molecular flexibility index (Phi) is 4.41. The Labute approximate surface area is 154 Å². The van der Waals surface area contributed by atoms with Crippen molar-refractivity contribution in [2.24, 2.45) is 11.8 Å². The van der Waals surface area contributed by atoms with Gasteiger partial charge in [0, 0.05) is 11.5 Å². The maximum atomic E-state index is 13.2. The van der Waals surface area contributed by atoms with Crippen molar-refractivity contribution in [1.82, 2.24) is 0 Å². The van der Waals surface area contributed by atoms with Crippen LogP contribution in [0.25, 0.3) is 0 Å². The minimum atomic E-state index is -1.76. The summed E-state index contributed by atoms with van der Waals surface area (Å²) in [5.41, 5.74) is -3.38. The van der Waals surface area contributed by atoms with Crippen molar-refractivity contribution in [3.8, 4) is 0 Å². The summed E-state index contributed by atoms with van der Waals surface area (Å²) in [5, 5.41) is 22.7. The van der Waals surface area contributed by atoms with Gasteiger partial charge in [-0.3, -0.25) is 4.79 Å². The fourth-order valence-electron chi connectivity index (χ4n) is 4.44. The van der Waals surface area contributed by atoms with E-state index in [1.54, 1.807) is 13.8 Å². The molecule has 6 nitrogen and oxygen atoms in total. The molecule has 2 N–H and O–H groups in total. The van der Waals surface area contributed by atoms with Crippen molar-refractivity contribution in [3.05, 3.63) is 11.1 Å². The van der Waals surface area contributed by atoms with Crippen molar-refractivity contribution >= 4 is 11.8 Å². The number of Topliss-reactive ketones (excluding diaryl/α,β-unsaturated/α-hetero) is 1. The zero-order chi connectivity index (χ0) is 19.7. The molecule has 6 atom stereocenters. The van der Waals surface area contributed by atoms with Crippen LogP contribution in [-0.2, 0) is 19.1 Å². The number of allylic oxidation sites excluding steroid dienone is 1. The molecule has 0 aromatic rings. The molecule has 3 aliphatic rings. The lowest BCUT2D eigenvalue weighted by molar-refractivity contribution is -0.200. The maximum Gasteiger partial charge on any atom is 0.341 e. The lowest BCUT2D eigenvalue weighted by Crippen LogP contribution is -2.60. The molecule has 6 heteroatoms. The average molecular weight is 366 g/mol. The molecule has 1 saturated heterocycles. The third kappa shape index (κ3) is 2.57. The van der Waals surface area contributed by atoms with Gasteiger partial charge in [-0.05, 0) is 52.9 Å². The number of rotatable bonds is 3. The van der Waals surface area contributed by atoms with E-state index < -0.39 is 34.8 Å². The molecule has 1 heterocycles. The van der Waals surface area contributed by atoms with Gasteiger partial charge in [0.2, 0.25) is 0 Å². The number of esters is 1. The van der Waals surface area contributed by atoms with Gasteiger partial charge >= 0.3 is 5.97 Å². The van der Waals surface area contributed by atoms with Gasteiger partial charge in [-0.2, -0.15) is 0 Å². The summed E-state index contributed by atoms with van der Waals surface area (Å²) in [5.74, 6) is -1.13. The molecule has 1 aliphatic heterocycles. The monoisotopic (exact) mass is 366 g/mol. The minimum absolute atomic E-state index is 0.00515. The molecule has 6 unspecified atom stereocenters. The first-order valence-electron chi connectivity index (χ1n) is 9.44. The number of aliphatic hydroxyl groups is 2. The van der Waals surface area contributed by atoms with Crippen LogP contribution in [0.3, 0.4) is 0 Å². The predicted molar refractivity (Wildman–Crippen MR) is 94.3 cm³/mol. The molecule has 2 aliphatic carbocycles. The molecular formula is C20H30O6. The zero-order valence-electron chi connectivity index (χ0n) is 16.5. The number of epoxide rings is 1. The van der Waals surface area contributed by atoms with Crippen molar-refractivity contribution in [2.45, 2.75) is 89.8 Å². The van der Waals surface area contributed by atoms with Crippen LogP contribution >= 0.6 is 0 Å². The molecule has 0 bridgehead atoms. The molecule has 0 spiro atoms. The van der Waals surface area contributed by atoms with Gasteiger partial charge in [0.25, 0.3) is 0 Å². The lowest BCUT2D eigenvalue weighted by atomic mass is 9.76. The lowest BCUT2D eigenvalue weighted by Gasteiger charge is -2.42. The third-order valence-corrected chi connectivity index (χ3v) is 6.82. The second-order valence-corrected chi connectivity index (χ2v) is 8.87. The SMILES string of the molecule is CC1=C2C(=O)C(C(C)C)CC(OC(=O)C3(C)OC3C)C(C)(O)C2(O)CC1. The number of carbonyl (C=O) groups is 2. The number of hydrogen-bond donors (Lipinski definition) is 2. The van der Waals surface area contributed by atoms with E-state index in [1.165, 1.54) is 6.92 Å². The van der Waals surface area contributed by atoms with E-state index in [4.69, 9.17) is 9.47 Å². The van der Waals surface area contributed by atoms with E-state index >= 15 is 0 Å². The van der Waals surface area contributed by atoms with Gasteiger partial charge in [0.05, 0.1) is 6.10 Å². The van der Waals surface area contributed by atoms with Crippen LogP contribution < -0.4 is 0 Å². The van der Waals surface area contributed by atoms with E-state index in [0.29, 0.717) is 12.0 Å². The molecule has 3 rings (SSSR count). The summed E-state index contributed by atoms with van der Waals surface area (Å²) in [6.07, 6.45) is -0.278. The van der Waals surface area contributed by atoms with Gasteiger partial charge in [-0.25, -0.2) is 4.79 Å². The number of carbonyl (C=O) groups excluding carboxylic acids is 2. The summed E-state index contributed by atoms with van der Waals surface area (Å²) in [7, 11) is 0. The number of fused-ring (bicyclic) bond motifs is 1. The molecule has 0 radical (unpaired) electrons. The van der Waals surface area contributed by atoms with Gasteiger partial charge in [-0.15, -0.1) is 0 Å². The van der Waals surface area contributed by atoms with Crippen LogP contribution in [0.15, 0.2) is 11.1 Å². The predicted octanol–water partition coefficient (Wildman–Crippen LogP) is 1.91. The first kappa shape index (κ1) is 19.5. The Morgan fingerprint density at radius 3 is 2.38 bits per heavy atom. The van der Waals surface area contributed by atoms with Gasteiger partial charge in [0.1, 0.15) is 17.3 Å². The summed E-state index contributed by atoms with van der Waals surface area (Å²) < 4.78 is 11.0. The third-order valence-electron chi connectivity index (χ3n) is 6.82. The van der Waals surface area contributed by atoms with E-state index in [0.717, 1.165) is 5.57 Å². The summed E-state index contributed by atoms with van der Waals surface area (Å²) in [6, 6.07) is 0. The zero-order valence-corrected chi connectivity index (χ0v) is 16.5. The minimum Gasteiger partial charge on any atom is -0.457 e. The maximum absolute atomic E-state index is 13.2. The topological polar surface area (TPSA) is 96.4 Å². The molecule has 2 fully saturated rings. The summed E-state index contributed by atoms with van der Waals surface area (Å²) >= 11 is 0. The Balaban J connectivity index is 2.02. The normalized spacial score (nSPS) is 45.6. The highest BCUT2D eigenvalue weighted by Gasteiger charge is 2.64. The Morgan fingerprint density at radius 2 is 1.88 bits per heavy atom. The molecule has 0 aromatic heterocycles. The van der Waals surface area contributed by atoms with Crippen LogP contribution in [-0.4, -0.2) is 51.0 Å². The summed E-state index contributed by atoms with van der Waals surface area (Å²) in [4.78, 5) is 25.8. The molecule has 0 amide bonds. The van der Waals surface area contributed by atoms with Gasteiger partial charge in [0.15, 0.2) is 11.4 Å². The van der Waals surface area contributed by atoms with Crippen LogP contribution in [0.1, 0.15) is 60.8 Å². The molecule has 26 heavy (non-hydrogen) atoms. The summed E-state index contributed by atoms with van der Waals surface area (Å²) in [6.45, 7) is 10.6. The van der Waals surface area contributed by atoms with Crippen LogP contribution in [0.2, 0.25) is 0 Å². The van der Waals surface area contributed by atoms with Crippen molar-refractivity contribution in [3.63, 3.8) is 0 Å². The Hall–Kier alpha value is -1.24. The van der Waals surface area contributed by atoms with Crippen molar-refractivity contribution < 1.29 is 29.3 Å². The molecule has 1 saturated carbocycles. The van der Waals surface area contributed by atoms with Crippen molar-refractivity contribution in [1.29, 1.82) is 0 Å². The van der Waals surface area contributed by atoms with Gasteiger partial charge in [-0.1, -0.05) is 19.4 Å². The number of hydrogen-bond acceptors (Lipinski definition) is 6. The van der Waals surface area contributed by atoms with Crippen LogP contribution in [0.4, 0.5) is 0 Å². The first-order valence-corrected chi connectivity index (χ1v) is 9.44. The van der Waals surface area contributed by atoms with Crippen molar-refractivity contribution in [2.75, 3.05) is 0 Å². The number of ether oxygens (including phenoxy) is 2. The highest BCUT2D eigenvalue weighted by Crippen LogP contribution is 2.51. The standard InChI is InChI=1S/C20H30O6/c1-10(2)13-9-14(25-17(22)18(5)12(4)26-18)19(6,23)20(24)8-7-11(3)15(20)16(13)21/h10,12-14,23-24H,7-9H2,1-6H3. The molecular weight excluding hydrogens is 336 g/mol.